The molecule has 0 spiro atoms. The van der Waals surface area contributed by atoms with Gasteiger partial charge in [-0.1, -0.05) is 6.07 Å². The third-order valence-electron chi connectivity index (χ3n) is 2.96. The zero-order chi connectivity index (χ0) is 13.4. The summed E-state index contributed by atoms with van der Waals surface area (Å²) in [5.74, 6) is 0.0321. The van der Waals surface area contributed by atoms with E-state index in [4.69, 9.17) is 0 Å². The van der Waals surface area contributed by atoms with Crippen LogP contribution in [0.4, 0.5) is 0 Å². The lowest BCUT2D eigenvalue weighted by Gasteiger charge is -2.01. The predicted molar refractivity (Wildman–Crippen MR) is 77.6 cm³/mol. The lowest BCUT2D eigenvalue weighted by molar-refractivity contribution is 0.101. The van der Waals surface area contributed by atoms with Crippen molar-refractivity contribution in [3.8, 4) is 11.3 Å². The van der Waals surface area contributed by atoms with Crippen molar-refractivity contribution >= 4 is 27.3 Å². The SMILES string of the molecule is CC(=O)c1ccc(-c2ccc3sc(C)nc3c2)nc1. The molecule has 0 saturated heterocycles. The van der Waals surface area contributed by atoms with Gasteiger partial charge in [0.25, 0.3) is 0 Å². The highest BCUT2D eigenvalue weighted by molar-refractivity contribution is 7.18. The Bertz CT molecular complexity index is 759. The highest BCUT2D eigenvalue weighted by atomic mass is 32.1. The lowest BCUT2D eigenvalue weighted by Crippen LogP contribution is -1.93. The minimum atomic E-state index is 0.0321. The standard InChI is InChI=1S/C15H12N2OS/c1-9(18)12-3-5-13(16-8-12)11-4-6-15-14(7-11)17-10(2)19-15/h3-8H,1-2H3. The Hall–Kier alpha value is -2.07. The molecule has 2 heterocycles. The van der Waals surface area contributed by atoms with Gasteiger partial charge in [-0.3, -0.25) is 9.78 Å². The van der Waals surface area contributed by atoms with E-state index in [2.05, 4.69) is 16.0 Å². The molecule has 4 heteroatoms. The maximum Gasteiger partial charge on any atom is 0.161 e. The molecule has 0 amide bonds. The summed E-state index contributed by atoms with van der Waals surface area (Å²) in [6, 6.07) is 9.82. The molecule has 2 aromatic heterocycles. The summed E-state index contributed by atoms with van der Waals surface area (Å²) in [7, 11) is 0. The largest absolute Gasteiger partial charge is 0.294 e. The van der Waals surface area contributed by atoms with Gasteiger partial charge in [-0.25, -0.2) is 4.98 Å². The number of pyridine rings is 1. The fraction of sp³-hybridized carbons (Fsp3) is 0.133. The Labute approximate surface area is 115 Å². The number of carbonyl (C=O) groups is 1. The topological polar surface area (TPSA) is 42.9 Å². The third kappa shape index (κ3) is 2.27. The van der Waals surface area contributed by atoms with Crippen LogP contribution in [0.1, 0.15) is 22.3 Å². The average Bonchev–Trinajstić information content (AvgIpc) is 2.77. The first-order chi connectivity index (χ1) is 9.13. The van der Waals surface area contributed by atoms with E-state index in [0.29, 0.717) is 5.56 Å². The van der Waals surface area contributed by atoms with E-state index in [0.717, 1.165) is 21.8 Å². The summed E-state index contributed by atoms with van der Waals surface area (Å²) in [5, 5.41) is 1.06. The van der Waals surface area contributed by atoms with Gasteiger partial charge >= 0.3 is 0 Å². The first-order valence-corrected chi connectivity index (χ1v) is 6.80. The van der Waals surface area contributed by atoms with Crippen LogP contribution in [0.3, 0.4) is 0 Å². The van der Waals surface area contributed by atoms with E-state index in [1.54, 1.807) is 30.5 Å². The fourth-order valence-electron chi connectivity index (χ4n) is 1.97. The molecule has 0 aliphatic rings. The molecule has 3 nitrogen and oxygen atoms in total. The third-order valence-corrected chi connectivity index (χ3v) is 3.91. The molecule has 19 heavy (non-hydrogen) atoms. The van der Waals surface area contributed by atoms with Gasteiger partial charge in [-0.2, -0.15) is 0 Å². The summed E-state index contributed by atoms with van der Waals surface area (Å²) < 4.78 is 1.18. The summed E-state index contributed by atoms with van der Waals surface area (Å²) in [6.45, 7) is 3.55. The number of rotatable bonds is 2. The fourth-order valence-corrected chi connectivity index (χ4v) is 2.78. The number of fused-ring (bicyclic) bond motifs is 1. The molecule has 94 valence electrons. The van der Waals surface area contributed by atoms with Crippen molar-refractivity contribution in [3.63, 3.8) is 0 Å². The van der Waals surface area contributed by atoms with Crippen molar-refractivity contribution in [1.29, 1.82) is 0 Å². The van der Waals surface area contributed by atoms with Crippen molar-refractivity contribution in [2.75, 3.05) is 0 Å². The number of hydrogen-bond donors (Lipinski definition) is 0. The first-order valence-electron chi connectivity index (χ1n) is 5.98. The van der Waals surface area contributed by atoms with Crippen LogP contribution < -0.4 is 0 Å². The van der Waals surface area contributed by atoms with E-state index >= 15 is 0 Å². The van der Waals surface area contributed by atoms with Gasteiger partial charge in [0.1, 0.15) is 0 Å². The lowest BCUT2D eigenvalue weighted by atomic mass is 10.1. The van der Waals surface area contributed by atoms with E-state index < -0.39 is 0 Å². The molecule has 3 rings (SSSR count). The second-order valence-electron chi connectivity index (χ2n) is 4.40. The van der Waals surface area contributed by atoms with E-state index in [1.165, 1.54) is 4.70 Å². The van der Waals surface area contributed by atoms with Gasteiger partial charge in [0.05, 0.1) is 20.9 Å². The summed E-state index contributed by atoms with van der Waals surface area (Å²) in [4.78, 5) is 20.0. The number of aromatic nitrogens is 2. The molecule has 0 bridgehead atoms. The number of carbonyl (C=O) groups excluding carboxylic acids is 1. The Balaban J connectivity index is 2.05. The van der Waals surface area contributed by atoms with Crippen molar-refractivity contribution in [2.24, 2.45) is 0 Å². The summed E-state index contributed by atoms with van der Waals surface area (Å²) in [6.07, 6.45) is 1.62. The van der Waals surface area contributed by atoms with Gasteiger partial charge in [-0.05, 0) is 38.1 Å². The number of thiazole rings is 1. The summed E-state index contributed by atoms with van der Waals surface area (Å²) >= 11 is 1.69. The van der Waals surface area contributed by atoms with Crippen LogP contribution in [-0.2, 0) is 0 Å². The molecule has 0 atom stereocenters. The molecule has 0 aliphatic carbocycles. The van der Waals surface area contributed by atoms with Gasteiger partial charge in [-0.15, -0.1) is 11.3 Å². The molecule has 0 unspecified atom stereocenters. The molecule has 0 radical (unpaired) electrons. The molecule has 0 saturated carbocycles. The molecule has 3 aromatic rings. The van der Waals surface area contributed by atoms with E-state index in [-0.39, 0.29) is 5.78 Å². The Morgan fingerprint density at radius 3 is 2.74 bits per heavy atom. The Kier molecular flexibility index (Phi) is 2.87. The second-order valence-corrected chi connectivity index (χ2v) is 5.64. The van der Waals surface area contributed by atoms with Crippen molar-refractivity contribution in [2.45, 2.75) is 13.8 Å². The van der Waals surface area contributed by atoms with Crippen LogP contribution in [0.25, 0.3) is 21.5 Å². The number of aryl methyl sites for hydroxylation is 1. The monoisotopic (exact) mass is 268 g/mol. The number of hydrogen-bond acceptors (Lipinski definition) is 4. The van der Waals surface area contributed by atoms with Gasteiger partial charge in [0, 0.05) is 17.3 Å². The molecule has 0 fully saturated rings. The van der Waals surface area contributed by atoms with Crippen LogP contribution >= 0.6 is 11.3 Å². The van der Waals surface area contributed by atoms with Crippen molar-refractivity contribution in [3.05, 3.63) is 47.1 Å². The van der Waals surface area contributed by atoms with Crippen LogP contribution in [0.5, 0.6) is 0 Å². The number of ketones is 1. The van der Waals surface area contributed by atoms with E-state index in [9.17, 15) is 4.79 Å². The zero-order valence-electron chi connectivity index (χ0n) is 10.7. The van der Waals surface area contributed by atoms with Crippen molar-refractivity contribution in [1.82, 2.24) is 9.97 Å². The molecule has 1 aromatic carbocycles. The van der Waals surface area contributed by atoms with Crippen LogP contribution in [-0.4, -0.2) is 15.8 Å². The number of Topliss-reactive ketones (excluding diaryl/α,β-unsaturated/α-hetero) is 1. The van der Waals surface area contributed by atoms with E-state index in [1.807, 2.05) is 25.1 Å². The maximum absolute atomic E-state index is 11.2. The quantitative estimate of drug-likeness (QED) is 0.663. The number of benzene rings is 1. The number of nitrogens with zero attached hydrogens (tertiary/aromatic N) is 2. The van der Waals surface area contributed by atoms with Gasteiger partial charge < -0.3 is 0 Å². The van der Waals surface area contributed by atoms with Crippen LogP contribution in [0.2, 0.25) is 0 Å². The predicted octanol–water partition coefficient (Wildman–Crippen LogP) is 3.87. The van der Waals surface area contributed by atoms with Crippen molar-refractivity contribution < 1.29 is 4.79 Å². The maximum atomic E-state index is 11.2. The molecular weight excluding hydrogens is 256 g/mol. The Morgan fingerprint density at radius 1 is 1.21 bits per heavy atom. The second kappa shape index (κ2) is 4.55. The Morgan fingerprint density at radius 2 is 2.05 bits per heavy atom. The molecular formula is C15H12N2OS. The highest BCUT2D eigenvalue weighted by Crippen LogP contribution is 2.26. The first kappa shape index (κ1) is 12.0. The minimum absolute atomic E-state index is 0.0321. The minimum Gasteiger partial charge on any atom is -0.294 e. The highest BCUT2D eigenvalue weighted by Gasteiger charge is 2.05. The molecule has 0 aliphatic heterocycles. The van der Waals surface area contributed by atoms with Gasteiger partial charge in [0.15, 0.2) is 5.78 Å². The normalized spacial score (nSPS) is 10.8. The zero-order valence-corrected chi connectivity index (χ0v) is 11.5. The van der Waals surface area contributed by atoms with Crippen LogP contribution in [0.15, 0.2) is 36.5 Å². The van der Waals surface area contributed by atoms with Gasteiger partial charge in [0.2, 0.25) is 0 Å². The smallest absolute Gasteiger partial charge is 0.161 e. The average molecular weight is 268 g/mol. The van der Waals surface area contributed by atoms with Crippen LogP contribution in [0, 0.1) is 6.92 Å². The molecule has 0 N–H and O–H groups in total. The summed E-state index contributed by atoms with van der Waals surface area (Å²) in [5.41, 5.74) is 3.51.